The SMILES string of the molecule is Cc1ccc(C)c(NC(=O)COC(=O)c2ccccc2-c2nc3ccccc3o2)c1. The molecular weight excluding hydrogens is 380 g/mol. The Morgan fingerprint density at radius 2 is 1.77 bits per heavy atom. The lowest BCUT2D eigenvalue weighted by Crippen LogP contribution is -2.21. The standard InChI is InChI=1S/C24H20N2O4/c1-15-11-12-16(2)20(13-15)25-22(27)14-29-24(28)18-8-4-3-7-17(18)23-26-19-9-5-6-10-21(19)30-23/h3-13H,14H2,1-2H3,(H,25,27). The molecule has 6 heteroatoms. The number of anilines is 1. The van der Waals surface area contributed by atoms with Crippen molar-refractivity contribution in [2.45, 2.75) is 13.8 Å². The van der Waals surface area contributed by atoms with Crippen LogP contribution in [0.4, 0.5) is 5.69 Å². The number of aromatic nitrogens is 1. The van der Waals surface area contributed by atoms with E-state index >= 15 is 0 Å². The summed E-state index contributed by atoms with van der Waals surface area (Å²) in [5.74, 6) is -0.705. The molecule has 0 aliphatic heterocycles. The Hall–Kier alpha value is -3.93. The first-order chi connectivity index (χ1) is 14.5. The topological polar surface area (TPSA) is 81.4 Å². The van der Waals surface area contributed by atoms with E-state index < -0.39 is 18.5 Å². The third kappa shape index (κ3) is 4.07. The molecule has 0 bridgehead atoms. The average molecular weight is 400 g/mol. The summed E-state index contributed by atoms with van der Waals surface area (Å²) in [7, 11) is 0. The molecule has 0 fully saturated rings. The molecule has 4 aromatic rings. The van der Waals surface area contributed by atoms with Gasteiger partial charge < -0.3 is 14.5 Å². The molecule has 0 unspecified atom stereocenters. The van der Waals surface area contributed by atoms with Crippen molar-refractivity contribution in [2.75, 3.05) is 11.9 Å². The zero-order valence-corrected chi connectivity index (χ0v) is 16.6. The largest absolute Gasteiger partial charge is 0.452 e. The van der Waals surface area contributed by atoms with Gasteiger partial charge in [0.15, 0.2) is 12.2 Å². The molecule has 0 radical (unpaired) electrons. The monoisotopic (exact) mass is 400 g/mol. The number of aryl methyl sites for hydroxylation is 2. The van der Waals surface area contributed by atoms with Crippen LogP contribution in [0, 0.1) is 13.8 Å². The van der Waals surface area contributed by atoms with E-state index in [0.29, 0.717) is 28.2 Å². The lowest BCUT2D eigenvalue weighted by molar-refractivity contribution is -0.119. The highest BCUT2D eigenvalue weighted by Crippen LogP contribution is 2.27. The van der Waals surface area contributed by atoms with Gasteiger partial charge in [-0.2, -0.15) is 0 Å². The Bertz CT molecular complexity index is 1210. The molecule has 0 aliphatic carbocycles. The average Bonchev–Trinajstić information content (AvgIpc) is 3.19. The van der Waals surface area contributed by atoms with Gasteiger partial charge in [0, 0.05) is 5.69 Å². The maximum atomic E-state index is 12.7. The van der Waals surface area contributed by atoms with E-state index in [0.717, 1.165) is 11.1 Å². The lowest BCUT2D eigenvalue weighted by atomic mass is 10.1. The molecule has 3 aromatic carbocycles. The first-order valence-corrected chi connectivity index (χ1v) is 9.50. The Morgan fingerprint density at radius 3 is 2.60 bits per heavy atom. The molecule has 150 valence electrons. The van der Waals surface area contributed by atoms with E-state index in [1.54, 1.807) is 24.3 Å². The number of hydrogen-bond donors (Lipinski definition) is 1. The number of carbonyl (C=O) groups is 2. The Morgan fingerprint density at radius 1 is 1.00 bits per heavy atom. The van der Waals surface area contributed by atoms with Crippen LogP contribution in [0.5, 0.6) is 0 Å². The van der Waals surface area contributed by atoms with Crippen LogP contribution in [-0.2, 0) is 9.53 Å². The van der Waals surface area contributed by atoms with Crippen molar-refractivity contribution in [3.05, 3.63) is 83.4 Å². The zero-order valence-electron chi connectivity index (χ0n) is 16.6. The normalized spacial score (nSPS) is 10.7. The first-order valence-electron chi connectivity index (χ1n) is 9.50. The molecule has 0 spiro atoms. The van der Waals surface area contributed by atoms with Crippen molar-refractivity contribution in [2.24, 2.45) is 0 Å². The van der Waals surface area contributed by atoms with Crippen LogP contribution in [0.2, 0.25) is 0 Å². The maximum Gasteiger partial charge on any atom is 0.339 e. The van der Waals surface area contributed by atoms with Gasteiger partial charge in [-0.15, -0.1) is 0 Å². The van der Waals surface area contributed by atoms with E-state index in [4.69, 9.17) is 9.15 Å². The Kier molecular flexibility index (Phi) is 5.30. The van der Waals surface area contributed by atoms with Crippen LogP contribution < -0.4 is 5.32 Å². The predicted molar refractivity (Wildman–Crippen MR) is 114 cm³/mol. The lowest BCUT2D eigenvalue weighted by Gasteiger charge is -2.10. The number of hydrogen-bond acceptors (Lipinski definition) is 5. The minimum atomic E-state index is -0.621. The number of benzene rings is 3. The number of oxazole rings is 1. The van der Waals surface area contributed by atoms with E-state index in [9.17, 15) is 9.59 Å². The number of nitrogens with one attached hydrogen (secondary N) is 1. The molecule has 1 N–H and O–H groups in total. The van der Waals surface area contributed by atoms with Gasteiger partial charge >= 0.3 is 5.97 Å². The molecule has 30 heavy (non-hydrogen) atoms. The molecule has 1 amide bonds. The minimum Gasteiger partial charge on any atom is -0.452 e. The van der Waals surface area contributed by atoms with Crippen LogP contribution in [0.25, 0.3) is 22.6 Å². The van der Waals surface area contributed by atoms with Gasteiger partial charge in [0.25, 0.3) is 5.91 Å². The van der Waals surface area contributed by atoms with Crippen LogP contribution in [0.1, 0.15) is 21.5 Å². The third-order valence-electron chi connectivity index (χ3n) is 4.67. The highest BCUT2D eigenvalue weighted by Gasteiger charge is 2.19. The Balaban J connectivity index is 1.49. The number of rotatable bonds is 5. The van der Waals surface area contributed by atoms with Crippen molar-refractivity contribution in [1.82, 2.24) is 4.98 Å². The van der Waals surface area contributed by atoms with Crippen molar-refractivity contribution < 1.29 is 18.7 Å². The molecule has 0 aliphatic rings. The Labute approximate surface area is 173 Å². The van der Waals surface area contributed by atoms with E-state index in [-0.39, 0.29) is 5.56 Å². The summed E-state index contributed by atoms with van der Waals surface area (Å²) in [6.07, 6.45) is 0. The van der Waals surface area contributed by atoms with Crippen LogP contribution in [0.3, 0.4) is 0 Å². The summed E-state index contributed by atoms with van der Waals surface area (Å²) < 4.78 is 11.0. The van der Waals surface area contributed by atoms with Crippen molar-refractivity contribution in [3.8, 4) is 11.5 Å². The van der Waals surface area contributed by atoms with E-state index in [1.807, 2.05) is 56.3 Å². The zero-order chi connectivity index (χ0) is 21.1. The second kappa shape index (κ2) is 8.21. The minimum absolute atomic E-state index is 0.281. The quantitative estimate of drug-likeness (QED) is 0.482. The van der Waals surface area contributed by atoms with Gasteiger partial charge in [-0.25, -0.2) is 9.78 Å². The van der Waals surface area contributed by atoms with E-state index in [1.165, 1.54) is 0 Å². The summed E-state index contributed by atoms with van der Waals surface area (Å²) in [4.78, 5) is 29.4. The van der Waals surface area contributed by atoms with Gasteiger partial charge in [-0.1, -0.05) is 36.4 Å². The van der Waals surface area contributed by atoms with Gasteiger partial charge in [-0.3, -0.25) is 4.79 Å². The van der Waals surface area contributed by atoms with Gasteiger partial charge in [0.05, 0.1) is 11.1 Å². The van der Waals surface area contributed by atoms with Crippen LogP contribution in [-0.4, -0.2) is 23.5 Å². The number of nitrogens with zero attached hydrogens (tertiary/aromatic N) is 1. The second-order valence-electron chi connectivity index (χ2n) is 6.98. The summed E-state index contributed by atoms with van der Waals surface area (Å²) >= 11 is 0. The fraction of sp³-hybridized carbons (Fsp3) is 0.125. The summed E-state index contributed by atoms with van der Waals surface area (Å²) in [5.41, 5.74) is 4.77. The molecule has 6 nitrogen and oxygen atoms in total. The van der Waals surface area contributed by atoms with Crippen molar-refractivity contribution >= 4 is 28.7 Å². The number of ether oxygens (including phenoxy) is 1. The van der Waals surface area contributed by atoms with Gasteiger partial charge in [-0.05, 0) is 55.3 Å². The summed E-state index contributed by atoms with van der Waals surface area (Å²) in [5, 5.41) is 2.77. The van der Waals surface area contributed by atoms with Crippen LogP contribution in [0.15, 0.2) is 71.1 Å². The molecule has 0 saturated carbocycles. The second-order valence-corrected chi connectivity index (χ2v) is 6.98. The molecule has 0 atom stereocenters. The molecule has 1 aromatic heterocycles. The highest BCUT2D eigenvalue weighted by atomic mass is 16.5. The number of para-hydroxylation sites is 2. The van der Waals surface area contributed by atoms with E-state index in [2.05, 4.69) is 10.3 Å². The fourth-order valence-corrected chi connectivity index (χ4v) is 3.10. The summed E-state index contributed by atoms with van der Waals surface area (Å²) in [6, 6.07) is 20.0. The number of fused-ring (bicyclic) bond motifs is 1. The smallest absolute Gasteiger partial charge is 0.339 e. The number of amides is 1. The molecule has 1 heterocycles. The fourth-order valence-electron chi connectivity index (χ4n) is 3.10. The van der Waals surface area contributed by atoms with Crippen LogP contribution >= 0.6 is 0 Å². The predicted octanol–water partition coefficient (Wildman–Crippen LogP) is 4.91. The van der Waals surface area contributed by atoms with Crippen molar-refractivity contribution in [1.29, 1.82) is 0 Å². The summed E-state index contributed by atoms with van der Waals surface area (Å²) in [6.45, 7) is 3.45. The molecule has 0 saturated heterocycles. The number of esters is 1. The molecule has 4 rings (SSSR count). The third-order valence-corrected chi connectivity index (χ3v) is 4.67. The number of carbonyl (C=O) groups excluding carboxylic acids is 2. The first kappa shape index (κ1) is 19.4. The highest BCUT2D eigenvalue weighted by molar-refractivity contribution is 5.99. The molecular formula is C24H20N2O4. The van der Waals surface area contributed by atoms with Gasteiger partial charge in [0.1, 0.15) is 5.52 Å². The maximum absolute atomic E-state index is 12.7. The van der Waals surface area contributed by atoms with Crippen molar-refractivity contribution in [3.63, 3.8) is 0 Å². The van der Waals surface area contributed by atoms with Gasteiger partial charge in [0.2, 0.25) is 5.89 Å².